The van der Waals surface area contributed by atoms with Crippen LogP contribution in [0.15, 0.2) is 42.6 Å². The maximum absolute atomic E-state index is 5.90. The first kappa shape index (κ1) is 17.4. The largest absolute Gasteiger partial charge is 0.431 e. The monoisotopic (exact) mass is 367 g/mol. The molecule has 5 heteroatoms. The fraction of sp³-hybridized carbons (Fsp3) is 0.429. The van der Waals surface area contributed by atoms with Gasteiger partial charge in [0.2, 0.25) is 0 Å². The zero-order chi connectivity index (χ0) is 17.8. The van der Waals surface area contributed by atoms with Crippen molar-refractivity contribution in [2.24, 2.45) is 5.92 Å². The van der Waals surface area contributed by atoms with Crippen molar-refractivity contribution in [1.29, 1.82) is 0 Å². The number of hydrogen-bond acceptors (Lipinski definition) is 5. The summed E-state index contributed by atoms with van der Waals surface area (Å²) in [7, 11) is 0. The first-order chi connectivity index (χ1) is 12.8. The van der Waals surface area contributed by atoms with Crippen molar-refractivity contribution in [2.45, 2.75) is 32.6 Å². The molecule has 2 aromatic heterocycles. The molecule has 1 fully saturated rings. The maximum Gasteiger partial charge on any atom is 0.281 e. The lowest BCUT2D eigenvalue weighted by Crippen LogP contribution is -2.29. The summed E-state index contributed by atoms with van der Waals surface area (Å²) < 4.78 is 6.95. The summed E-state index contributed by atoms with van der Waals surface area (Å²) in [5, 5.41) is 0.644. The van der Waals surface area contributed by atoms with E-state index in [9.17, 15) is 0 Å². The van der Waals surface area contributed by atoms with E-state index in [1.54, 1.807) is 6.20 Å². The van der Waals surface area contributed by atoms with Crippen LogP contribution in [0.4, 0.5) is 0 Å². The number of hydrogen-bond donors (Lipinski definition) is 0. The Labute approximate surface area is 158 Å². The Bertz CT molecular complexity index is 809. The Hall–Kier alpha value is -1.98. The van der Waals surface area contributed by atoms with E-state index in [4.69, 9.17) is 4.74 Å². The van der Waals surface area contributed by atoms with Crippen molar-refractivity contribution in [3.8, 4) is 10.9 Å². The predicted octanol–water partition coefficient (Wildman–Crippen LogP) is 5.15. The number of pyridine rings is 1. The van der Waals surface area contributed by atoms with Crippen molar-refractivity contribution < 1.29 is 4.74 Å². The van der Waals surface area contributed by atoms with Gasteiger partial charge in [0.1, 0.15) is 5.75 Å². The third-order valence-electron chi connectivity index (χ3n) is 4.74. The molecule has 3 aromatic rings. The summed E-state index contributed by atoms with van der Waals surface area (Å²) in [5.74, 6) is 1.79. The van der Waals surface area contributed by atoms with Gasteiger partial charge in [0.05, 0.1) is 4.70 Å². The Balaban J connectivity index is 1.33. The molecular formula is C21H25N3OS. The fourth-order valence-electron chi connectivity index (χ4n) is 3.18. The van der Waals surface area contributed by atoms with Crippen LogP contribution in [0.5, 0.6) is 10.9 Å². The smallest absolute Gasteiger partial charge is 0.281 e. The standard InChI is InChI=1S/C21H25N3OS/c1-2-13-24(15-17-5-6-17)14-11-16-7-9-18(10-8-16)25-21-23-20-19(26-21)4-3-12-22-20/h3-4,7-10,12,17H,2,5-6,11,13-15H2,1H3. The second-order valence-electron chi connectivity index (χ2n) is 7.04. The Morgan fingerprint density at radius 1 is 1.15 bits per heavy atom. The summed E-state index contributed by atoms with van der Waals surface area (Å²) in [6, 6.07) is 12.4. The highest BCUT2D eigenvalue weighted by atomic mass is 32.1. The molecule has 0 radical (unpaired) electrons. The number of ether oxygens (including phenoxy) is 1. The average Bonchev–Trinajstić information content (AvgIpc) is 3.38. The number of thiazole rings is 1. The van der Waals surface area contributed by atoms with Crippen LogP contribution < -0.4 is 4.74 Å². The van der Waals surface area contributed by atoms with Crippen molar-refractivity contribution in [1.82, 2.24) is 14.9 Å². The minimum atomic E-state index is 0.644. The quantitative estimate of drug-likeness (QED) is 0.524. The zero-order valence-electron chi connectivity index (χ0n) is 15.2. The molecule has 0 amide bonds. The van der Waals surface area contributed by atoms with Crippen LogP contribution in [0.1, 0.15) is 31.7 Å². The predicted molar refractivity (Wildman–Crippen MR) is 107 cm³/mol. The molecule has 0 atom stereocenters. The second kappa shape index (κ2) is 8.14. The first-order valence-corrected chi connectivity index (χ1v) is 10.3. The van der Waals surface area contributed by atoms with Crippen LogP contribution in [0, 0.1) is 5.92 Å². The van der Waals surface area contributed by atoms with Gasteiger partial charge in [-0.15, -0.1) is 0 Å². The number of aromatic nitrogens is 2. The van der Waals surface area contributed by atoms with Crippen molar-refractivity contribution in [3.05, 3.63) is 48.2 Å². The van der Waals surface area contributed by atoms with E-state index in [1.165, 1.54) is 49.3 Å². The van der Waals surface area contributed by atoms with Crippen LogP contribution in [-0.4, -0.2) is 34.5 Å². The first-order valence-electron chi connectivity index (χ1n) is 9.51. The van der Waals surface area contributed by atoms with Crippen LogP contribution in [0.2, 0.25) is 0 Å². The Morgan fingerprint density at radius 2 is 2.00 bits per heavy atom. The van der Waals surface area contributed by atoms with E-state index < -0.39 is 0 Å². The van der Waals surface area contributed by atoms with Gasteiger partial charge < -0.3 is 9.64 Å². The minimum Gasteiger partial charge on any atom is -0.431 e. The van der Waals surface area contributed by atoms with E-state index in [2.05, 4.69) is 33.9 Å². The molecule has 1 saturated carbocycles. The molecule has 4 nitrogen and oxygen atoms in total. The van der Waals surface area contributed by atoms with Gasteiger partial charge in [-0.2, -0.15) is 4.98 Å². The van der Waals surface area contributed by atoms with E-state index in [-0.39, 0.29) is 0 Å². The molecule has 0 bridgehead atoms. The maximum atomic E-state index is 5.90. The minimum absolute atomic E-state index is 0.644. The molecule has 4 rings (SSSR count). The average molecular weight is 368 g/mol. The highest BCUT2D eigenvalue weighted by molar-refractivity contribution is 7.20. The van der Waals surface area contributed by atoms with Gasteiger partial charge in [-0.05, 0) is 68.0 Å². The van der Waals surface area contributed by atoms with Gasteiger partial charge in [-0.3, -0.25) is 0 Å². The lowest BCUT2D eigenvalue weighted by Gasteiger charge is -2.21. The molecule has 1 aromatic carbocycles. The Morgan fingerprint density at radius 3 is 2.73 bits per heavy atom. The van der Waals surface area contributed by atoms with Gasteiger partial charge in [-0.25, -0.2) is 4.98 Å². The van der Waals surface area contributed by atoms with Crippen LogP contribution in [0.25, 0.3) is 10.3 Å². The van der Waals surface area contributed by atoms with Gasteiger partial charge in [0.25, 0.3) is 5.19 Å². The third kappa shape index (κ3) is 4.59. The van der Waals surface area contributed by atoms with Crippen molar-refractivity contribution in [2.75, 3.05) is 19.6 Å². The van der Waals surface area contributed by atoms with Gasteiger partial charge in [0, 0.05) is 19.3 Å². The molecule has 2 heterocycles. The lowest BCUT2D eigenvalue weighted by atomic mass is 10.1. The molecule has 0 spiro atoms. The summed E-state index contributed by atoms with van der Waals surface area (Å²) in [6.45, 7) is 5.90. The van der Waals surface area contributed by atoms with Crippen LogP contribution in [0.3, 0.4) is 0 Å². The second-order valence-corrected chi connectivity index (χ2v) is 8.04. The lowest BCUT2D eigenvalue weighted by molar-refractivity contribution is 0.266. The molecule has 26 heavy (non-hydrogen) atoms. The molecule has 1 aliphatic rings. The normalized spacial score (nSPS) is 14.2. The molecule has 0 unspecified atom stereocenters. The molecule has 1 aliphatic carbocycles. The molecule has 0 saturated heterocycles. The van der Waals surface area contributed by atoms with Crippen LogP contribution >= 0.6 is 11.3 Å². The highest BCUT2D eigenvalue weighted by Gasteiger charge is 2.23. The third-order valence-corrected chi connectivity index (χ3v) is 5.63. The fourth-order valence-corrected chi connectivity index (χ4v) is 3.98. The van der Waals surface area contributed by atoms with Gasteiger partial charge >= 0.3 is 0 Å². The number of nitrogens with zero attached hydrogens (tertiary/aromatic N) is 3. The summed E-state index contributed by atoms with van der Waals surface area (Å²) >= 11 is 1.52. The molecule has 0 aliphatic heterocycles. The van der Waals surface area contributed by atoms with Crippen LogP contribution in [-0.2, 0) is 6.42 Å². The Kier molecular flexibility index (Phi) is 5.46. The molecule has 136 valence electrons. The highest BCUT2D eigenvalue weighted by Crippen LogP contribution is 2.31. The van der Waals surface area contributed by atoms with Crippen molar-refractivity contribution in [3.63, 3.8) is 0 Å². The van der Waals surface area contributed by atoms with Crippen molar-refractivity contribution >= 4 is 21.7 Å². The summed E-state index contributed by atoms with van der Waals surface area (Å²) in [5.41, 5.74) is 2.11. The summed E-state index contributed by atoms with van der Waals surface area (Å²) in [6.07, 6.45) is 6.93. The number of benzene rings is 1. The number of rotatable bonds is 9. The van der Waals surface area contributed by atoms with Gasteiger partial charge in [0.15, 0.2) is 5.65 Å². The topological polar surface area (TPSA) is 38.2 Å². The van der Waals surface area contributed by atoms with E-state index >= 15 is 0 Å². The van der Waals surface area contributed by atoms with E-state index in [0.717, 1.165) is 35.0 Å². The summed E-state index contributed by atoms with van der Waals surface area (Å²) in [4.78, 5) is 11.3. The molecular weight excluding hydrogens is 342 g/mol. The molecule has 0 N–H and O–H groups in total. The number of fused-ring (bicyclic) bond motifs is 1. The van der Waals surface area contributed by atoms with E-state index in [0.29, 0.717) is 5.19 Å². The SMILES string of the molecule is CCCN(CCc1ccc(Oc2nc3ncccc3s2)cc1)CC1CC1. The van der Waals surface area contributed by atoms with Gasteiger partial charge in [-0.1, -0.05) is 30.4 Å². The van der Waals surface area contributed by atoms with E-state index in [1.807, 2.05) is 24.3 Å². The zero-order valence-corrected chi connectivity index (χ0v) is 16.0.